The van der Waals surface area contributed by atoms with E-state index >= 15 is 4.39 Å². The smallest absolute Gasteiger partial charge is 0.343 e. The number of pyridine rings is 2. The zero-order chi connectivity index (χ0) is 51.2. The standard InChI is InChI=1S/C52H63FN8O11/c1-5-52(68)40-27-43-48-38(30-60(43)50(66)39(40)32-72-51(52)67)37(36-26-44(69-4)41(53)28-42(36)57-48)29-58-18-20-61(3,21-19-58)31-34-8-10-35(11-9-34)56-49(65)33(2)55-45(62)14-22-70-24-25-71-23-16-54-15-6-7-17-59-46(63)12-13-47(59)64/h8-13,26-28,33,54,68H,5-7,14-25,29-32H2,1-4H3,(H-,55,56,62,65)/p+1/t33-,52-/m0/s1. The number of quaternary nitrogens is 1. The number of carbonyl (C=O) groups is 5. The first-order valence-corrected chi connectivity index (χ1v) is 24.6. The van der Waals surface area contributed by atoms with Crippen molar-refractivity contribution >= 4 is 46.2 Å². The highest BCUT2D eigenvalue weighted by molar-refractivity contribution is 6.12. The van der Waals surface area contributed by atoms with Crippen molar-refractivity contribution in [1.82, 2.24) is 30.0 Å². The highest BCUT2D eigenvalue weighted by atomic mass is 19.1. The maximum atomic E-state index is 15.2. The van der Waals surface area contributed by atoms with Gasteiger partial charge in [0.1, 0.15) is 19.2 Å². The van der Waals surface area contributed by atoms with E-state index in [0.717, 1.165) is 78.7 Å². The van der Waals surface area contributed by atoms with Crippen molar-refractivity contribution in [2.24, 2.45) is 0 Å². The number of nitrogens with one attached hydrogen (secondary N) is 3. The number of benzene rings is 2. The number of ether oxygens (including phenoxy) is 4. The first-order chi connectivity index (χ1) is 34.6. The third kappa shape index (κ3) is 11.4. The van der Waals surface area contributed by atoms with Gasteiger partial charge in [-0.3, -0.25) is 33.8 Å². The van der Waals surface area contributed by atoms with Crippen molar-refractivity contribution in [1.29, 1.82) is 0 Å². The Morgan fingerprint density at radius 2 is 1.68 bits per heavy atom. The van der Waals surface area contributed by atoms with Gasteiger partial charge in [0.05, 0.1) is 82.7 Å². The Bertz CT molecular complexity index is 2790. The second-order valence-electron chi connectivity index (χ2n) is 19.1. The van der Waals surface area contributed by atoms with Crippen LogP contribution in [0.2, 0.25) is 0 Å². The molecule has 1 saturated heterocycles. The molecule has 384 valence electrons. The molecule has 0 bridgehead atoms. The fourth-order valence-corrected chi connectivity index (χ4v) is 9.72. The van der Waals surface area contributed by atoms with E-state index in [-0.39, 0.29) is 78.7 Å². The summed E-state index contributed by atoms with van der Waals surface area (Å²) in [6.07, 6.45) is 4.24. The normalized spacial score (nSPS) is 18.5. The third-order valence-electron chi connectivity index (χ3n) is 14.1. The first-order valence-electron chi connectivity index (χ1n) is 24.6. The molecule has 4 aliphatic rings. The predicted molar refractivity (Wildman–Crippen MR) is 263 cm³/mol. The number of aromatic nitrogens is 2. The van der Waals surface area contributed by atoms with E-state index in [0.29, 0.717) is 62.0 Å². The number of imide groups is 1. The van der Waals surface area contributed by atoms with Crippen LogP contribution < -0.4 is 26.2 Å². The molecular weight excluding hydrogens is 932 g/mol. The van der Waals surface area contributed by atoms with Crippen LogP contribution in [0.15, 0.2) is 59.4 Å². The number of nitrogens with zero attached hydrogens (tertiary/aromatic N) is 5. The van der Waals surface area contributed by atoms with Crippen LogP contribution in [-0.4, -0.2) is 151 Å². The lowest BCUT2D eigenvalue weighted by atomic mass is 9.86. The zero-order valence-corrected chi connectivity index (χ0v) is 41.4. The van der Waals surface area contributed by atoms with Gasteiger partial charge in [-0.2, -0.15) is 0 Å². The van der Waals surface area contributed by atoms with Gasteiger partial charge in [-0.05, 0) is 62.6 Å². The number of hydrogen-bond acceptors (Lipinski definition) is 14. The van der Waals surface area contributed by atoms with Gasteiger partial charge in [0.15, 0.2) is 17.2 Å². The molecule has 2 aromatic carbocycles. The van der Waals surface area contributed by atoms with Crippen LogP contribution >= 0.6 is 0 Å². The molecule has 6 heterocycles. The summed E-state index contributed by atoms with van der Waals surface area (Å²) in [6, 6.07) is 11.6. The van der Waals surface area contributed by atoms with Crippen molar-refractivity contribution in [3.8, 4) is 17.1 Å². The van der Waals surface area contributed by atoms with E-state index < -0.39 is 23.4 Å². The van der Waals surface area contributed by atoms with E-state index in [1.165, 1.54) is 30.2 Å². The average molecular weight is 996 g/mol. The monoisotopic (exact) mass is 995 g/mol. The Labute approximate surface area is 416 Å². The Kier molecular flexibility index (Phi) is 16.3. The van der Waals surface area contributed by atoms with Gasteiger partial charge >= 0.3 is 5.97 Å². The van der Waals surface area contributed by atoms with Crippen LogP contribution in [0.4, 0.5) is 10.1 Å². The molecule has 4 aromatic rings. The molecule has 20 heteroatoms. The molecular formula is C52H64FN8O11+. The number of unbranched alkanes of at least 4 members (excludes halogenated alkanes) is 1. The third-order valence-corrected chi connectivity index (χ3v) is 14.1. The van der Waals surface area contributed by atoms with Crippen molar-refractivity contribution < 1.29 is 56.9 Å². The molecule has 0 radical (unpaired) electrons. The summed E-state index contributed by atoms with van der Waals surface area (Å²) in [6.45, 7) is 10.9. The molecule has 4 aliphatic heterocycles. The SMILES string of the molecule is CC[C@@]1(O)C(=O)OCc2c1cc1n(c2=O)Cc2c-1nc1cc(F)c(OC)cc1c2CN1CC[N+](C)(Cc2ccc(NC(=O)[C@H](C)NC(=O)CCOCCOCCNCCCCN3C(=O)C=CC3=O)cc2)CC1. The number of carbonyl (C=O) groups excluding carboxylic acids is 5. The number of halogens is 1. The number of amides is 4. The number of anilines is 1. The van der Waals surface area contributed by atoms with Gasteiger partial charge in [0, 0.05) is 85.1 Å². The summed E-state index contributed by atoms with van der Waals surface area (Å²) in [5.41, 5.74) is 2.92. The van der Waals surface area contributed by atoms with Crippen molar-refractivity contribution in [2.45, 2.75) is 77.4 Å². The van der Waals surface area contributed by atoms with Crippen LogP contribution in [0, 0.1) is 5.82 Å². The Morgan fingerprint density at radius 1 is 0.958 bits per heavy atom. The van der Waals surface area contributed by atoms with Gasteiger partial charge in [-0.15, -0.1) is 0 Å². The van der Waals surface area contributed by atoms with Gasteiger partial charge in [-0.1, -0.05) is 19.1 Å². The number of rotatable bonds is 23. The van der Waals surface area contributed by atoms with Crippen LogP contribution in [0.25, 0.3) is 22.3 Å². The summed E-state index contributed by atoms with van der Waals surface area (Å²) >= 11 is 0. The van der Waals surface area contributed by atoms with E-state index in [9.17, 15) is 33.9 Å². The summed E-state index contributed by atoms with van der Waals surface area (Å²) in [5.74, 6) is -2.45. The number of piperazine rings is 1. The minimum atomic E-state index is -1.97. The highest BCUT2D eigenvalue weighted by Gasteiger charge is 2.46. The fourth-order valence-electron chi connectivity index (χ4n) is 9.72. The van der Waals surface area contributed by atoms with Crippen molar-refractivity contribution in [3.63, 3.8) is 0 Å². The molecule has 2 aromatic heterocycles. The Hall–Kier alpha value is -6.42. The molecule has 0 aliphatic carbocycles. The molecule has 0 spiro atoms. The van der Waals surface area contributed by atoms with Crippen LogP contribution in [0.3, 0.4) is 0 Å². The predicted octanol–water partition coefficient (Wildman–Crippen LogP) is 2.85. The number of likely N-dealkylation sites (N-methyl/N-ethyl adjacent to an activating group) is 1. The second kappa shape index (κ2) is 22.6. The van der Waals surface area contributed by atoms with Gasteiger partial charge < -0.3 is 49.1 Å². The van der Waals surface area contributed by atoms with Gasteiger partial charge in [0.25, 0.3) is 17.4 Å². The molecule has 1 fully saturated rings. The van der Waals surface area contributed by atoms with E-state index in [1.807, 2.05) is 24.3 Å². The largest absolute Gasteiger partial charge is 0.494 e. The van der Waals surface area contributed by atoms with Crippen molar-refractivity contribution in [2.75, 3.05) is 91.7 Å². The molecule has 19 nitrogen and oxygen atoms in total. The van der Waals surface area contributed by atoms with E-state index in [2.05, 4.69) is 27.9 Å². The lowest BCUT2D eigenvalue weighted by Gasteiger charge is -2.42. The lowest BCUT2D eigenvalue weighted by Crippen LogP contribution is -2.56. The number of fused-ring (bicyclic) bond motifs is 5. The maximum absolute atomic E-state index is 15.2. The quantitative estimate of drug-likeness (QED) is 0.0320. The van der Waals surface area contributed by atoms with Crippen molar-refractivity contribution in [3.05, 3.63) is 98.6 Å². The lowest BCUT2D eigenvalue weighted by molar-refractivity contribution is -0.926. The molecule has 0 unspecified atom stereocenters. The number of esters is 1. The molecule has 8 rings (SSSR count). The Balaban J connectivity index is 0.772. The summed E-state index contributed by atoms with van der Waals surface area (Å²) in [7, 11) is 3.64. The second-order valence-corrected chi connectivity index (χ2v) is 19.1. The molecule has 0 saturated carbocycles. The number of cyclic esters (lactones) is 1. The fraction of sp³-hybridized carbons (Fsp3) is 0.481. The summed E-state index contributed by atoms with van der Waals surface area (Å²) in [4.78, 5) is 83.9. The first kappa shape index (κ1) is 51.9. The maximum Gasteiger partial charge on any atom is 0.343 e. The molecule has 2 atom stereocenters. The summed E-state index contributed by atoms with van der Waals surface area (Å²) in [5, 5.41) is 21.0. The van der Waals surface area contributed by atoms with E-state index in [4.69, 9.17) is 23.9 Å². The zero-order valence-electron chi connectivity index (χ0n) is 41.4. The molecule has 4 amide bonds. The number of aliphatic hydroxyl groups is 1. The molecule has 4 N–H and O–H groups in total. The Morgan fingerprint density at radius 3 is 2.39 bits per heavy atom. The van der Waals surface area contributed by atoms with Gasteiger partial charge in [0.2, 0.25) is 11.8 Å². The number of hydrogen-bond donors (Lipinski definition) is 4. The summed E-state index contributed by atoms with van der Waals surface area (Å²) < 4.78 is 39.3. The topological polar surface area (TPSA) is 220 Å². The van der Waals surface area contributed by atoms with Crippen LogP contribution in [-0.2, 0) is 70.0 Å². The highest BCUT2D eigenvalue weighted by Crippen LogP contribution is 2.41. The number of methoxy groups -OCH3 is 1. The average Bonchev–Trinajstić information content (AvgIpc) is 3.90. The van der Waals surface area contributed by atoms with Crippen LogP contribution in [0.1, 0.15) is 67.3 Å². The van der Waals surface area contributed by atoms with E-state index in [1.54, 1.807) is 30.5 Å². The minimum Gasteiger partial charge on any atom is -0.494 e. The minimum absolute atomic E-state index is 0.0201. The molecule has 72 heavy (non-hydrogen) atoms. The van der Waals surface area contributed by atoms with Gasteiger partial charge in [-0.25, -0.2) is 14.2 Å². The van der Waals surface area contributed by atoms with Crippen LogP contribution in [0.5, 0.6) is 5.75 Å².